The van der Waals surface area contributed by atoms with Crippen LogP contribution in [0.5, 0.6) is 0 Å². The number of nitrogens with one attached hydrogen (secondary N) is 3. The minimum absolute atomic E-state index is 0.0120. The number of carbonyl (C=O) groups excluding carboxylic acids is 1. The van der Waals surface area contributed by atoms with Crippen LogP contribution in [0.1, 0.15) is 21.5 Å². The van der Waals surface area contributed by atoms with Crippen LogP contribution in [0.25, 0.3) is 0 Å². The number of amides is 1. The summed E-state index contributed by atoms with van der Waals surface area (Å²) in [5.41, 5.74) is 4.71. The number of aromatic nitrogens is 2. The van der Waals surface area contributed by atoms with E-state index in [0.717, 1.165) is 4.57 Å². The molecule has 2 heterocycles. The number of benzene rings is 1. The van der Waals surface area contributed by atoms with E-state index in [1.165, 1.54) is 44.6 Å². The highest BCUT2D eigenvalue weighted by molar-refractivity contribution is 14.1. The highest BCUT2D eigenvalue weighted by Crippen LogP contribution is 2.25. The Balaban J connectivity index is 1.96. The van der Waals surface area contributed by atoms with E-state index in [1.54, 1.807) is 6.07 Å². The molecule has 3 rings (SSSR count). The Bertz CT molecular complexity index is 1500. The maximum atomic E-state index is 15.1. The normalized spacial score (nSPS) is 11.4. The Kier molecular flexibility index (Phi) is 9.16. The number of nitrogens with zero attached hydrogens (tertiary/aromatic N) is 2. The standard InChI is InChI=1S/C22H23F2IN6O5S/c1-31-21(29-17-4-3-14(25)11-16(17)23)15(19(26)32)10-13(22(31)33)9-12-5-6-27-20(18(12)24)30-37(34,35)28-7-8-36-2/h3-6,10-11,28-29H,7-9H2,1-2H3,(H2,26,32)(H,27,30). The molecule has 0 aliphatic heterocycles. The van der Waals surface area contributed by atoms with E-state index in [0.29, 0.717) is 3.57 Å². The molecule has 1 amide bonds. The van der Waals surface area contributed by atoms with Crippen LogP contribution in [-0.2, 0) is 28.4 Å². The van der Waals surface area contributed by atoms with E-state index in [4.69, 9.17) is 10.5 Å². The van der Waals surface area contributed by atoms with Gasteiger partial charge in [-0.1, -0.05) is 0 Å². The molecule has 0 spiro atoms. The zero-order chi connectivity index (χ0) is 27.3. The number of rotatable bonds is 11. The predicted molar refractivity (Wildman–Crippen MR) is 142 cm³/mol. The van der Waals surface area contributed by atoms with Crippen LogP contribution in [0.15, 0.2) is 41.3 Å². The number of pyridine rings is 2. The van der Waals surface area contributed by atoms with Gasteiger partial charge in [-0.05, 0) is 58.5 Å². The van der Waals surface area contributed by atoms with E-state index in [1.807, 2.05) is 27.3 Å². The van der Waals surface area contributed by atoms with Crippen molar-refractivity contribution in [2.75, 3.05) is 30.3 Å². The summed E-state index contributed by atoms with van der Waals surface area (Å²) >= 11 is 1.94. The zero-order valence-corrected chi connectivity index (χ0v) is 22.6. The second kappa shape index (κ2) is 11.9. The Morgan fingerprint density at radius 3 is 2.59 bits per heavy atom. The summed E-state index contributed by atoms with van der Waals surface area (Å²) < 4.78 is 64.4. The Labute approximate surface area is 224 Å². The monoisotopic (exact) mass is 648 g/mol. The van der Waals surface area contributed by atoms with Gasteiger partial charge in [-0.15, -0.1) is 0 Å². The number of primary amides is 1. The molecule has 3 aromatic rings. The number of halogens is 3. The van der Waals surface area contributed by atoms with Gasteiger partial charge in [-0.2, -0.15) is 13.1 Å². The third kappa shape index (κ3) is 7.00. The first-order valence-corrected chi connectivity index (χ1v) is 13.1. The molecular formula is C22H23F2IN6O5S. The summed E-state index contributed by atoms with van der Waals surface area (Å²) in [5.74, 6) is -3.15. The number of anilines is 3. The average Bonchev–Trinajstić information content (AvgIpc) is 2.82. The summed E-state index contributed by atoms with van der Waals surface area (Å²) in [6.07, 6.45) is 0.853. The van der Waals surface area contributed by atoms with Gasteiger partial charge in [0, 0.05) is 42.5 Å². The van der Waals surface area contributed by atoms with Gasteiger partial charge in [-0.25, -0.2) is 13.8 Å². The maximum absolute atomic E-state index is 15.1. The van der Waals surface area contributed by atoms with E-state index < -0.39 is 39.1 Å². The Hall–Kier alpha value is -3.15. The number of nitrogens with two attached hydrogens (primary N) is 1. The first-order valence-electron chi connectivity index (χ1n) is 10.6. The second-order valence-electron chi connectivity index (χ2n) is 7.71. The van der Waals surface area contributed by atoms with E-state index in [-0.39, 0.29) is 47.8 Å². The number of hydrogen-bond acceptors (Lipinski definition) is 7. The molecule has 5 N–H and O–H groups in total. The predicted octanol–water partition coefficient (Wildman–Crippen LogP) is 1.99. The van der Waals surface area contributed by atoms with Crippen molar-refractivity contribution >= 4 is 56.0 Å². The molecule has 0 bridgehead atoms. The summed E-state index contributed by atoms with van der Waals surface area (Å²) in [7, 11) is -1.40. The van der Waals surface area contributed by atoms with Crippen molar-refractivity contribution in [3.8, 4) is 0 Å². The van der Waals surface area contributed by atoms with Crippen LogP contribution >= 0.6 is 22.6 Å². The van der Waals surface area contributed by atoms with Gasteiger partial charge >= 0.3 is 0 Å². The molecule has 0 radical (unpaired) electrons. The van der Waals surface area contributed by atoms with Crippen molar-refractivity contribution in [2.45, 2.75) is 6.42 Å². The van der Waals surface area contributed by atoms with Crippen LogP contribution in [-0.4, -0.2) is 44.1 Å². The number of hydrogen-bond donors (Lipinski definition) is 4. The summed E-state index contributed by atoms with van der Waals surface area (Å²) in [6, 6.07) is 6.80. The number of carbonyl (C=O) groups is 1. The molecule has 11 nitrogen and oxygen atoms in total. The third-order valence-electron chi connectivity index (χ3n) is 5.12. The van der Waals surface area contributed by atoms with Gasteiger partial charge < -0.3 is 15.8 Å². The van der Waals surface area contributed by atoms with Gasteiger partial charge in [0.2, 0.25) is 0 Å². The molecule has 1 aromatic carbocycles. The van der Waals surface area contributed by atoms with E-state index >= 15 is 4.39 Å². The molecule has 15 heteroatoms. The lowest BCUT2D eigenvalue weighted by Crippen LogP contribution is -2.33. The highest BCUT2D eigenvalue weighted by Gasteiger charge is 2.21. The Morgan fingerprint density at radius 2 is 1.95 bits per heavy atom. The fourth-order valence-electron chi connectivity index (χ4n) is 3.32. The average molecular weight is 648 g/mol. The number of methoxy groups -OCH3 is 1. The minimum atomic E-state index is -4.14. The van der Waals surface area contributed by atoms with Gasteiger partial charge in [0.25, 0.3) is 21.7 Å². The smallest absolute Gasteiger partial charge is 0.300 e. The van der Waals surface area contributed by atoms with Crippen LogP contribution < -0.4 is 26.1 Å². The third-order valence-corrected chi connectivity index (χ3v) is 6.83. The van der Waals surface area contributed by atoms with Crippen LogP contribution in [0.2, 0.25) is 0 Å². The van der Waals surface area contributed by atoms with Gasteiger partial charge in [-0.3, -0.25) is 18.9 Å². The first kappa shape index (κ1) is 28.4. The van der Waals surface area contributed by atoms with Crippen LogP contribution in [0.3, 0.4) is 0 Å². The molecule has 0 fully saturated rings. The van der Waals surface area contributed by atoms with Gasteiger partial charge in [0.1, 0.15) is 11.6 Å². The van der Waals surface area contributed by atoms with Crippen molar-refractivity contribution in [3.05, 3.63) is 78.8 Å². The van der Waals surface area contributed by atoms with Crippen molar-refractivity contribution in [1.29, 1.82) is 0 Å². The number of ether oxygens (including phenoxy) is 1. The quantitative estimate of drug-likeness (QED) is 0.183. The largest absolute Gasteiger partial charge is 0.383 e. The fourth-order valence-corrected chi connectivity index (χ4v) is 4.60. The second-order valence-corrected chi connectivity index (χ2v) is 10.5. The SMILES string of the molecule is COCCNS(=O)(=O)Nc1nccc(Cc2cc(C(N)=O)c(Nc3ccc(I)cc3F)n(C)c2=O)c1F. The van der Waals surface area contributed by atoms with E-state index in [9.17, 15) is 22.4 Å². The lowest BCUT2D eigenvalue weighted by atomic mass is 10.0. The first-order chi connectivity index (χ1) is 17.4. The molecule has 0 aliphatic carbocycles. The molecule has 0 unspecified atom stereocenters. The summed E-state index contributed by atoms with van der Waals surface area (Å²) in [5, 5.41) is 2.72. The van der Waals surface area contributed by atoms with Crippen LogP contribution in [0.4, 0.5) is 26.1 Å². The van der Waals surface area contributed by atoms with Gasteiger partial charge in [0.05, 0.1) is 17.9 Å². The summed E-state index contributed by atoms with van der Waals surface area (Å²) in [6.45, 7) is 0.0506. The topological polar surface area (TPSA) is 157 Å². The highest BCUT2D eigenvalue weighted by atomic mass is 127. The molecule has 0 saturated carbocycles. The van der Waals surface area contributed by atoms with Crippen LogP contribution in [0, 0.1) is 15.2 Å². The summed E-state index contributed by atoms with van der Waals surface area (Å²) in [4.78, 5) is 29.0. The molecular weight excluding hydrogens is 625 g/mol. The van der Waals surface area contributed by atoms with E-state index in [2.05, 4.69) is 15.0 Å². The lowest BCUT2D eigenvalue weighted by Gasteiger charge is -2.17. The lowest BCUT2D eigenvalue weighted by molar-refractivity contribution is 0.100. The zero-order valence-electron chi connectivity index (χ0n) is 19.6. The molecule has 0 aliphatic rings. The van der Waals surface area contributed by atoms with Crippen molar-refractivity contribution in [2.24, 2.45) is 12.8 Å². The van der Waals surface area contributed by atoms with Gasteiger partial charge in [0.15, 0.2) is 11.6 Å². The van der Waals surface area contributed by atoms with Crippen molar-refractivity contribution in [3.63, 3.8) is 0 Å². The fraction of sp³-hybridized carbons (Fsp3) is 0.227. The Morgan fingerprint density at radius 1 is 1.22 bits per heavy atom. The van der Waals surface area contributed by atoms with Crippen molar-refractivity contribution in [1.82, 2.24) is 14.3 Å². The van der Waals surface area contributed by atoms with Crippen molar-refractivity contribution < 1.29 is 26.7 Å². The minimum Gasteiger partial charge on any atom is -0.383 e. The molecule has 0 saturated heterocycles. The molecule has 2 aromatic heterocycles. The molecule has 0 atom stereocenters. The molecule has 37 heavy (non-hydrogen) atoms. The molecule has 198 valence electrons. The maximum Gasteiger partial charge on any atom is 0.300 e.